The van der Waals surface area contributed by atoms with E-state index in [4.69, 9.17) is 0 Å². The molecule has 5 nitrogen and oxygen atoms in total. The molecule has 0 spiro atoms. The Balaban J connectivity index is 2.53. The molecule has 0 amide bonds. The zero-order valence-corrected chi connectivity index (χ0v) is 13.6. The van der Waals surface area contributed by atoms with Crippen LogP contribution in [0.3, 0.4) is 0 Å². The SMILES string of the molecule is CCN(CC)CCCC(C)Nc1cccc([N+](=O)[O-])c1C. The summed E-state index contributed by atoms with van der Waals surface area (Å²) < 4.78 is 0. The summed E-state index contributed by atoms with van der Waals surface area (Å²) in [4.78, 5) is 13.0. The molecule has 1 unspecified atom stereocenters. The van der Waals surface area contributed by atoms with E-state index in [1.165, 1.54) is 0 Å². The lowest BCUT2D eigenvalue weighted by Gasteiger charge is -2.20. The Kier molecular flexibility index (Phi) is 7.15. The summed E-state index contributed by atoms with van der Waals surface area (Å²) in [6, 6.07) is 5.49. The van der Waals surface area contributed by atoms with E-state index in [-0.39, 0.29) is 10.6 Å². The van der Waals surface area contributed by atoms with Crippen molar-refractivity contribution in [3.05, 3.63) is 33.9 Å². The minimum Gasteiger partial charge on any atom is -0.382 e. The van der Waals surface area contributed by atoms with E-state index >= 15 is 0 Å². The Morgan fingerprint density at radius 1 is 1.33 bits per heavy atom. The smallest absolute Gasteiger partial charge is 0.274 e. The third-order valence-corrected chi connectivity index (χ3v) is 3.91. The van der Waals surface area contributed by atoms with Gasteiger partial charge in [0.1, 0.15) is 0 Å². The molecule has 1 aromatic rings. The van der Waals surface area contributed by atoms with Crippen molar-refractivity contribution in [2.45, 2.75) is 46.6 Å². The fourth-order valence-electron chi connectivity index (χ4n) is 2.48. The number of rotatable bonds is 9. The fraction of sp³-hybridized carbons (Fsp3) is 0.625. The first-order valence-corrected chi connectivity index (χ1v) is 7.72. The first-order chi connectivity index (χ1) is 9.99. The summed E-state index contributed by atoms with van der Waals surface area (Å²) in [6.07, 6.45) is 2.18. The Hall–Kier alpha value is -1.62. The maximum Gasteiger partial charge on any atom is 0.274 e. The molecule has 0 radical (unpaired) electrons. The lowest BCUT2D eigenvalue weighted by molar-refractivity contribution is -0.385. The van der Waals surface area contributed by atoms with Gasteiger partial charge >= 0.3 is 0 Å². The monoisotopic (exact) mass is 293 g/mol. The molecule has 1 aromatic carbocycles. The summed E-state index contributed by atoms with van der Waals surface area (Å²) in [5.74, 6) is 0. The van der Waals surface area contributed by atoms with Crippen molar-refractivity contribution in [2.24, 2.45) is 0 Å². The van der Waals surface area contributed by atoms with E-state index in [0.29, 0.717) is 11.6 Å². The van der Waals surface area contributed by atoms with Gasteiger partial charge in [0.05, 0.1) is 4.92 Å². The molecule has 21 heavy (non-hydrogen) atoms. The van der Waals surface area contributed by atoms with Crippen LogP contribution in [-0.4, -0.2) is 35.5 Å². The van der Waals surface area contributed by atoms with E-state index in [1.807, 2.05) is 6.07 Å². The molecule has 1 atom stereocenters. The van der Waals surface area contributed by atoms with Crippen LogP contribution < -0.4 is 5.32 Å². The second kappa shape index (κ2) is 8.62. The third-order valence-electron chi connectivity index (χ3n) is 3.91. The highest BCUT2D eigenvalue weighted by atomic mass is 16.6. The highest BCUT2D eigenvalue weighted by Crippen LogP contribution is 2.25. The number of anilines is 1. The van der Waals surface area contributed by atoms with Crippen LogP contribution in [0.4, 0.5) is 11.4 Å². The van der Waals surface area contributed by atoms with Crippen LogP contribution in [0.25, 0.3) is 0 Å². The number of hydrogen-bond donors (Lipinski definition) is 1. The van der Waals surface area contributed by atoms with E-state index in [1.54, 1.807) is 19.1 Å². The molecule has 0 bridgehead atoms. The van der Waals surface area contributed by atoms with Crippen LogP contribution >= 0.6 is 0 Å². The second-order valence-corrected chi connectivity index (χ2v) is 5.42. The Bertz CT molecular complexity index is 459. The maximum atomic E-state index is 10.9. The molecule has 0 aliphatic heterocycles. The van der Waals surface area contributed by atoms with Gasteiger partial charge in [-0.2, -0.15) is 0 Å². The Morgan fingerprint density at radius 3 is 2.57 bits per heavy atom. The van der Waals surface area contributed by atoms with E-state index in [2.05, 4.69) is 31.0 Å². The lowest BCUT2D eigenvalue weighted by Crippen LogP contribution is -2.25. The number of hydrogen-bond acceptors (Lipinski definition) is 4. The largest absolute Gasteiger partial charge is 0.382 e. The topological polar surface area (TPSA) is 58.4 Å². The minimum absolute atomic E-state index is 0.176. The fourth-order valence-corrected chi connectivity index (χ4v) is 2.48. The van der Waals surface area contributed by atoms with Crippen molar-refractivity contribution in [1.29, 1.82) is 0 Å². The standard InChI is InChI=1S/C16H27N3O2/c1-5-18(6-2)12-8-9-13(3)17-15-10-7-11-16(14(15)4)19(20)21/h7,10-11,13,17H,5-6,8-9,12H2,1-4H3. The summed E-state index contributed by atoms with van der Waals surface area (Å²) >= 11 is 0. The van der Waals surface area contributed by atoms with Gasteiger partial charge in [-0.3, -0.25) is 10.1 Å². The van der Waals surface area contributed by atoms with Crippen LogP contribution in [-0.2, 0) is 0 Å². The molecular weight excluding hydrogens is 266 g/mol. The van der Waals surface area contributed by atoms with Crippen LogP contribution in [0, 0.1) is 17.0 Å². The molecule has 0 heterocycles. The zero-order valence-electron chi connectivity index (χ0n) is 13.6. The van der Waals surface area contributed by atoms with Crippen molar-refractivity contribution >= 4 is 11.4 Å². The average molecular weight is 293 g/mol. The highest BCUT2D eigenvalue weighted by Gasteiger charge is 2.14. The van der Waals surface area contributed by atoms with Gasteiger partial charge < -0.3 is 10.2 Å². The molecular formula is C16H27N3O2. The third kappa shape index (κ3) is 5.34. The number of benzene rings is 1. The number of nitro benzene ring substituents is 1. The van der Waals surface area contributed by atoms with Crippen LogP contribution in [0.5, 0.6) is 0 Å². The molecule has 118 valence electrons. The van der Waals surface area contributed by atoms with Crippen LogP contribution in [0.15, 0.2) is 18.2 Å². The van der Waals surface area contributed by atoms with Gasteiger partial charge in [0, 0.05) is 23.4 Å². The van der Waals surface area contributed by atoms with Gasteiger partial charge in [-0.15, -0.1) is 0 Å². The predicted octanol–water partition coefficient (Wildman–Crippen LogP) is 3.83. The van der Waals surface area contributed by atoms with Crippen LogP contribution in [0.1, 0.15) is 39.2 Å². The predicted molar refractivity (Wildman–Crippen MR) is 87.9 cm³/mol. The molecule has 0 aliphatic rings. The first-order valence-electron chi connectivity index (χ1n) is 7.72. The highest BCUT2D eigenvalue weighted by molar-refractivity contribution is 5.60. The van der Waals surface area contributed by atoms with Crippen molar-refractivity contribution < 1.29 is 4.92 Å². The summed E-state index contributed by atoms with van der Waals surface area (Å²) in [5, 5.41) is 14.3. The van der Waals surface area contributed by atoms with Crippen molar-refractivity contribution in [2.75, 3.05) is 25.0 Å². The van der Waals surface area contributed by atoms with Crippen LogP contribution in [0.2, 0.25) is 0 Å². The first kappa shape index (κ1) is 17.4. The van der Waals surface area contributed by atoms with Gasteiger partial charge in [-0.1, -0.05) is 19.9 Å². The molecule has 0 fully saturated rings. The normalized spacial score (nSPS) is 12.4. The van der Waals surface area contributed by atoms with E-state index < -0.39 is 0 Å². The van der Waals surface area contributed by atoms with E-state index in [9.17, 15) is 10.1 Å². The lowest BCUT2D eigenvalue weighted by atomic mass is 10.1. The molecule has 0 saturated heterocycles. The molecule has 1 N–H and O–H groups in total. The minimum atomic E-state index is -0.328. The average Bonchev–Trinajstić information content (AvgIpc) is 2.45. The van der Waals surface area contributed by atoms with Gasteiger partial charge in [0.2, 0.25) is 0 Å². The van der Waals surface area contributed by atoms with E-state index in [0.717, 1.165) is 38.2 Å². The van der Waals surface area contributed by atoms with Gasteiger partial charge in [-0.25, -0.2) is 0 Å². The van der Waals surface area contributed by atoms with Crippen molar-refractivity contribution in [1.82, 2.24) is 4.90 Å². The van der Waals surface area contributed by atoms with Gasteiger partial charge in [0.15, 0.2) is 0 Å². The maximum absolute atomic E-state index is 10.9. The number of nitrogens with one attached hydrogen (secondary N) is 1. The molecule has 1 rings (SSSR count). The Morgan fingerprint density at radius 2 is 2.00 bits per heavy atom. The molecule has 0 aliphatic carbocycles. The second-order valence-electron chi connectivity index (χ2n) is 5.42. The van der Waals surface area contributed by atoms with Gasteiger partial charge in [-0.05, 0) is 52.4 Å². The van der Waals surface area contributed by atoms with Gasteiger partial charge in [0.25, 0.3) is 5.69 Å². The van der Waals surface area contributed by atoms with Crippen molar-refractivity contribution in [3.8, 4) is 0 Å². The zero-order chi connectivity index (χ0) is 15.8. The molecule has 5 heteroatoms. The Labute approximate surface area is 127 Å². The molecule has 0 saturated carbocycles. The summed E-state index contributed by atoms with van der Waals surface area (Å²) in [5.41, 5.74) is 1.74. The number of nitro groups is 1. The molecule has 0 aromatic heterocycles. The quantitative estimate of drug-likeness (QED) is 0.555. The summed E-state index contributed by atoms with van der Waals surface area (Å²) in [7, 11) is 0. The summed E-state index contributed by atoms with van der Waals surface area (Å²) in [6.45, 7) is 11.6. The number of nitrogens with zero attached hydrogens (tertiary/aromatic N) is 2. The van der Waals surface area contributed by atoms with Crippen molar-refractivity contribution in [3.63, 3.8) is 0 Å².